The predicted octanol–water partition coefficient (Wildman–Crippen LogP) is 2.74. The molecule has 0 aliphatic heterocycles. The Balaban J connectivity index is 1.84. The predicted molar refractivity (Wildman–Crippen MR) is 84.4 cm³/mol. The lowest BCUT2D eigenvalue weighted by Gasteiger charge is -2.40. The summed E-state index contributed by atoms with van der Waals surface area (Å²) in [6.07, 6.45) is 7.73. The largest absolute Gasteiger partial charge is 0.387 e. The van der Waals surface area contributed by atoms with Crippen molar-refractivity contribution in [2.45, 2.75) is 45.3 Å². The van der Waals surface area contributed by atoms with Gasteiger partial charge in [0.05, 0.1) is 12.1 Å². The van der Waals surface area contributed by atoms with Crippen LogP contribution < -0.4 is 0 Å². The van der Waals surface area contributed by atoms with Gasteiger partial charge in [-0.1, -0.05) is 31.5 Å². The van der Waals surface area contributed by atoms with Gasteiger partial charge in [-0.05, 0) is 42.2 Å². The van der Waals surface area contributed by atoms with Crippen LogP contribution in [0.4, 0.5) is 0 Å². The van der Waals surface area contributed by atoms with Crippen molar-refractivity contribution < 1.29 is 5.11 Å². The van der Waals surface area contributed by atoms with Gasteiger partial charge in [0.2, 0.25) is 0 Å². The van der Waals surface area contributed by atoms with Crippen LogP contribution in [0.1, 0.15) is 32.3 Å². The summed E-state index contributed by atoms with van der Waals surface area (Å²) < 4.78 is 1.72. The van der Waals surface area contributed by atoms with Crippen LogP contribution in [0.5, 0.6) is 0 Å². The summed E-state index contributed by atoms with van der Waals surface area (Å²) in [6, 6.07) is 3.78. The zero-order valence-electron chi connectivity index (χ0n) is 12.9. The highest BCUT2D eigenvalue weighted by Crippen LogP contribution is 2.51. The first-order chi connectivity index (χ1) is 10.4. The lowest BCUT2D eigenvalue weighted by atomic mass is 9.72. The fraction of sp³-hybridized carbons (Fsp3) is 0.562. The molecule has 0 amide bonds. The lowest BCUT2D eigenvalue weighted by molar-refractivity contribution is -0.0907. The fourth-order valence-electron chi connectivity index (χ4n) is 3.53. The molecule has 1 saturated carbocycles. The molecular formula is C16H21ClN4O. The second-order valence-electron chi connectivity index (χ2n) is 6.83. The van der Waals surface area contributed by atoms with Crippen LogP contribution in [-0.4, -0.2) is 30.5 Å². The molecule has 3 rings (SSSR count). The molecule has 0 spiro atoms. The van der Waals surface area contributed by atoms with E-state index in [0.29, 0.717) is 11.7 Å². The van der Waals surface area contributed by atoms with Crippen LogP contribution in [0.3, 0.4) is 0 Å². The fourth-order valence-corrected chi connectivity index (χ4v) is 3.64. The summed E-state index contributed by atoms with van der Waals surface area (Å²) >= 11 is 5.85. The number of aliphatic hydroxyl groups is 1. The molecule has 6 heteroatoms. The number of halogens is 1. The van der Waals surface area contributed by atoms with Gasteiger partial charge >= 0.3 is 0 Å². The molecule has 0 saturated heterocycles. The van der Waals surface area contributed by atoms with Crippen molar-refractivity contribution in [3.63, 3.8) is 0 Å². The van der Waals surface area contributed by atoms with Gasteiger partial charge in [-0.3, -0.25) is 4.68 Å². The van der Waals surface area contributed by atoms with Gasteiger partial charge in [-0.15, -0.1) is 0 Å². The number of pyridine rings is 1. The maximum absolute atomic E-state index is 11.4. The number of rotatable bonds is 4. The van der Waals surface area contributed by atoms with Crippen LogP contribution in [0.15, 0.2) is 31.0 Å². The third-order valence-corrected chi connectivity index (χ3v) is 5.33. The summed E-state index contributed by atoms with van der Waals surface area (Å²) in [5, 5.41) is 16.1. The van der Waals surface area contributed by atoms with E-state index in [9.17, 15) is 5.11 Å². The van der Waals surface area contributed by atoms with Crippen molar-refractivity contribution in [3.8, 4) is 0 Å². The summed E-state index contributed by atoms with van der Waals surface area (Å²) in [5.41, 5.74) is 0.119. The molecule has 2 heterocycles. The quantitative estimate of drug-likeness (QED) is 0.880. The molecule has 5 nitrogen and oxygen atoms in total. The van der Waals surface area contributed by atoms with Gasteiger partial charge in [0, 0.05) is 6.20 Å². The van der Waals surface area contributed by atoms with E-state index in [1.165, 1.54) is 6.33 Å². The average molecular weight is 321 g/mol. The topological polar surface area (TPSA) is 63.8 Å². The minimum absolute atomic E-state index is 0.162. The van der Waals surface area contributed by atoms with Gasteiger partial charge in [-0.25, -0.2) is 9.97 Å². The van der Waals surface area contributed by atoms with Crippen LogP contribution in [0.25, 0.3) is 0 Å². The third kappa shape index (κ3) is 2.75. The molecule has 22 heavy (non-hydrogen) atoms. The highest BCUT2D eigenvalue weighted by molar-refractivity contribution is 6.29. The third-order valence-electron chi connectivity index (χ3n) is 5.11. The Kier molecular flexibility index (Phi) is 3.95. The summed E-state index contributed by atoms with van der Waals surface area (Å²) in [7, 11) is 0. The van der Waals surface area contributed by atoms with E-state index in [1.807, 2.05) is 6.07 Å². The molecule has 2 unspecified atom stereocenters. The van der Waals surface area contributed by atoms with Crippen molar-refractivity contribution in [2.75, 3.05) is 0 Å². The number of nitrogens with zero attached hydrogens (tertiary/aromatic N) is 4. The lowest BCUT2D eigenvalue weighted by Crippen LogP contribution is -2.49. The van der Waals surface area contributed by atoms with Gasteiger partial charge in [0.1, 0.15) is 17.8 Å². The van der Waals surface area contributed by atoms with Crippen molar-refractivity contribution in [1.82, 2.24) is 19.7 Å². The van der Waals surface area contributed by atoms with Crippen molar-refractivity contribution >= 4 is 11.6 Å². The standard InChI is InChI=1S/C16H21ClN4O/c1-15(2)6-5-13(7-12-3-4-14(17)19-8-12)16(15,22)9-21-11-18-10-20-21/h3-4,8,10-11,13,22H,5-7,9H2,1-2H3. The van der Waals surface area contributed by atoms with Gasteiger partial charge in [0.15, 0.2) is 0 Å². The van der Waals surface area contributed by atoms with Gasteiger partial charge < -0.3 is 5.11 Å². The van der Waals surface area contributed by atoms with E-state index in [0.717, 1.165) is 24.8 Å². The second kappa shape index (κ2) is 5.63. The monoisotopic (exact) mass is 320 g/mol. The van der Waals surface area contributed by atoms with Crippen molar-refractivity contribution in [2.24, 2.45) is 11.3 Å². The molecule has 118 valence electrons. The Labute approximate surface area is 135 Å². The minimum atomic E-state index is -0.819. The average Bonchev–Trinajstić information content (AvgIpc) is 3.04. The molecule has 1 aliphatic rings. The zero-order chi connectivity index (χ0) is 15.8. The molecular weight excluding hydrogens is 300 g/mol. The molecule has 0 radical (unpaired) electrons. The maximum atomic E-state index is 11.4. The Morgan fingerprint density at radius 3 is 2.86 bits per heavy atom. The molecule has 0 aromatic carbocycles. The normalized spacial score (nSPS) is 27.2. The van der Waals surface area contributed by atoms with Crippen LogP contribution >= 0.6 is 11.6 Å². The Morgan fingerprint density at radius 2 is 2.23 bits per heavy atom. The zero-order valence-corrected chi connectivity index (χ0v) is 13.7. The Hall–Kier alpha value is -1.46. The first kappa shape index (κ1) is 15.4. The highest BCUT2D eigenvalue weighted by Gasteiger charge is 2.54. The summed E-state index contributed by atoms with van der Waals surface area (Å²) in [4.78, 5) is 8.12. The number of aromatic nitrogens is 4. The Bertz CT molecular complexity index is 626. The smallest absolute Gasteiger partial charge is 0.137 e. The van der Waals surface area contributed by atoms with Crippen LogP contribution in [0, 0.1) is 11.3 Å². The number of hydrogen-bond donors (Lipinski definition) is 1. The van der Waals surface area contributed by atoms with Gasteiger partial charge in [-0.2, -0.15) is 5.10 Å². The molecule has 0 bridgehead atoms. The van der Waals surface area contributed by atoms with Crippen LogP contribution in [-0.2, 0) is 13.0 Å². The van der Waals surface area contributed by atoms with E-state index in [2.05, 4.69) is 28.9 Å². The molecule has 2 aromatic rings. The van der Waals surface area contributed by atoms with E-state index in [4.69, 9.17) is 11.6 Å². The van der Waals surface area contributed by atoms with E-state index in [1.54, 1.807) is 23.3 Å². The maximum Gasteiger partial charge on any atom is 0.137 e. The molecule has 1 N–H and O–H groups in total. The van der Waals surface area contributed by atoms with E-state index in [-0.39, 0.29) is 11.3 Å². The van der Waals surface area contributed by atoms with Gasteiger partial charge in [0.25, 0.3) is 0 Å². The first-order valence-electron chi connectivity index (χ1n) is 7.56. The van der Waals surface area contributed by atoms with E-state index < -0.39 is 5.60 Å². The summed E-state index contributed by atoms with van der Waals surface area (Å²) in [5.74, 6) is 0.162. The molecule has 1 aliphatic carbocycles. The molecule has 2 atom stereocenters. The van der Waals surface area contributed by atoms with Crippen molar-refractivity contribution in [3.05, 3.63) is 41.7 Å². The first-order valence-corrected chi connectivity index (χ1v) is 7.94. The highest BCUT2D eigenvalue weighted by atomic mass is 35.5. The van der Waals surface area contributed by atoms with Crippen LogP contribution in [0.2, 0.25) is 5.15 Å². The van der Waals surface area contributed by atoms with E-state index >= 15 is 0 Å². The second-order valence-corrected chi connectivity index (χ2v) is 7.22. The Morgan fingerprint density at radius 1 is 1.41 bits per heavy atom. The minimum Gasteiger partial charge on any atom is -0.387 e. The van der Waals surface area contributed by atoms with Crippen molar-refractivity contribution in [1.29, 1.82) is 0 Å². The SMILES string of the molecule is CC1(C)CCC(Cc2ccc(Cl)nc2)C1(O)Cn1cncn1. The summed E-state index contributed by atoms with van der Waals surface area (Å²) in [6.45, 7) is 4.72. The molecule has 2 aromatic heterocycles. The number of hydrogen-bond acceptors (Lipinski definition) is 4. The molecule has 1 fully saturated rings.